The average molecular weight is 757 g/mol. The molecule has 2 saturated heterocycles. The monoisotopic (exact) mass is 755 g/mol. The van der Waals surface area contributed by atoms with Crippen LogP contribution < -0.4 is 0 Å². The Morgan fingerprint density at radius 2 is 1.22 bits per heavy atom. The van der Waals surface area contributed by atoms with Crippen molar-refractivity contribution in [1.82, 2.24) is 14.7 Å². The van der Waals surface area contributed by atoms with Crippen LogP contribution in [-0.4, -0.2) is 98.9 Å². The fraction of sp³-hybridized carbons (Fsp3) is 0.594. The van der Waals surface area contributed by atoms with Crippen molar-refractivity contribution >= 4 is 30.7 Å². The molecule has 2 aromatic rings. The van der Waals surface area contributed by atoms with E-state index in [1.165, 1.54) is 17.0 Å². The van der Waals surface area contributed by atoms with E-state index in [1.807, 2.05) is 4.90 Å². The number of piperidine rings is 1. The molecule has 2 aliphatic rings. The number of amides is 1. The van der Waals surface area contributed by atoms with Gasteiger partial charge in [0.2, 0.25) is 0 Å². The number of hydrogen-bond acceptors (Lipinski definition) is 5. The third-order valence-corrected chi connectivity index (χ3v) is 8.82. The van der Waals surface area contributed by atoms with Crippen molar-refractivity contribution in [1.29, 1.82) is 0 Å². The van der Waals surface area contributed by atoms with Crippen molar-refractivity contribution in [3.05, 3.63) is 70.3 Å². The molecule has 2 aromatic carbocycles. The molecule has 49 heavy (non-hydrogen) atoms. The third kappa shape index (κ3) is 11.3. The highest BCUT2D eigenvalue weighted by atomic mass is 35.5. The SMILES string of the molecule is COCC1CCCC(COC)N1CCN1CCN(C(=O)c2cc(C(F)(F)F)cc(C(F)(F)F)c2)[C@H](Cc2ccc(C(F)(F)F)cc2)C1.Cl.Cl. The molecule has 0 N–H and O–H groups in total. The molecule has 2 fully saturated rings. The molecule has 2 unspecified atom stereocenters. The summed E-state index contributed by atoms with van der Waals surface area (Å²) in [6.07, 6.45) is -11.9. The van der Waals surface area contributed by atoms with E-state index in [2.05, 4.69) is 4.90 Å². The Hall–Kier alpha value is -2.30. The van der Waals surface area contributed by atoms with Crippen molar-refractivity contribution in [2.45, 2.75) is 62.3 Å². The molecule has 6 nitrogen and oxygen atoms in total. The first-order chi connectivity index (χ1) is 22.0. The molecule has 0 aliphatic carbocycles. The number of carbonyl (C=O) groups is 1. The van der Waals surface area contributed by atoms with Crippen LogP contribution in [0.3, 0.4) is 0 Å². The molecule has 3 atom stereocenters. The van der Waals surface area contributed by atoms with Gasteiger partial charge in [-0.25, -0.2) is 0 Å². The summed E-state index contributed by atoms with van der Waals surface area (Å²) in [5.41, 5.74) is -4.42. The number of ether oxygens (including phenoxy) is 2. The highest BCUT2D eigenvalue weighted by Gasteiger charge is 2.40. The van der Waals surface area contributed by atoms with Gasteiger partial charge in [0.25, 0.3) is 5.91 Å². The van der Waals surface area contributed by atoms with Gasteiger partial charge in [0.15, 0.2) is 0 Å². The predicted molar refractivity (Wildman–Crippen MR) is 169 cm³/mol. The van der Waals surface area contributed by atoms with Crippen molar-refractivity contribution in [2.24, 2.45) is 0 Å². The molecule has 1 amide bonds. The number of rotatable bonds is 10. The maximum atomic E-state index is 13.7. The van der Waals surface area contributed by atoms with E-state index < -0.39 is 52.7 Å². The number of halogens is 11. The number of nitrogens with zero attached hydrogens (tertiary/aromatic N) is 3. The van der Waals surface area contributed by atoms with E-state index >= 15 is 0 Å². The molecule has 278 valence electrons. The molecule has 0 saturated carbocycles. The van der Waals surface area contributed by atoms with Gasteiger partial charge < -0.3 is 14.4 Å². The average Bonchev–Trinajstić information content (AvgIpc) is 2.99. The van der Waals surface area contributed by atoms with Gasteiger partial charge >= 0.3 is 18.5 Å². The van der Waals surface area contributed by atoms with Gasteiger partial charge in [-0.2, -0.15) is 39.5 Å². The van der Waals surface area contributed by atoms with Gasteiger partial charge in [0, 0.05) is 70.6 Å². The zero-order valence-corrected chi connectivity index (χ0v) is 28.5. The Morgan fingerprint density at radius 1 is 0.714 bits per heavy atom. The number of methoxy groups -OCH3 is 2. The van der Waals surface area contributed by atoms with E-state index in [-0.39, 0.29) is 69.0 Å². The normalized spacial score (nSPS) is 21.2. The molecular formula is C32H40Cl2F9N3O3. The molecule has 0 bridgehead atoms. The lowest BCUT2D eigenvalue weighted by molar-refractivity contribution is -0.143. The standard InChI is InChI=1S/C32H38F9N3O3.2ClH/c1-46-19-26-4-3-5-27(20-47-2)43(26)12-10-42-11-13-44(28(18-42)14-21-6-8-23(9-7-21)30(33,34)35)29(45)22-15-24(31(36,37)38)17-25(16-22)32(39,40)41;;/h6-9,15-17,26-28H,3-5,10-14,18-20H2,1-2H3;2*1H/t26?,27?,28-;;/m1../s1. The van der Waals surface area contributed by atoms with Crippen molar-refractivity contribution in [2.75, 3.05) is 60.2 Å². The molecule has 2 heterocycles. The summed E-state index contributed by atoms with van der Waals surface area (Å²) in [6, 6.07) is 4.64. The Labute approximate surface area is 291 Å². The first-order valence-electron chi connectivity index (χ1n) is 15.2. The summed E-state index contributed by atoms with van der Waals surface area (Å²) in [5.74, 6) is -1.02. The van der Waals surface area contributed by atoms with E-state index in [4.69, 9.17) is 9.47 Å². The zero-order valence-electron chi connectivity index (χ0n) is 26.8. The molecule has 2 aliphatic heterocycles. The van der Waals surface area contributed by atoms with Gasteiger partial charge in [-0.1, -0.05) is 18.6 Å². The van der Waals surface area contributed by atoms with Gasteiger partial charge in [-0.05, 0) is 55.2 Å². The van der Waals surface area contributed by atoms with Crippen LogP contribution in [-0.2, 0) is 34.4 Å². The van der Waals surface area contributed by atoms with Crippen LogP contribution in [0.15, 0.2) is 42.5 Å². The quantitative estimate of drug-likeness (QED) is 0.236. The Morgan fingerprint density at radius 3 is 1.69 bits per heavy atom. The maximum absolute atomic E-state index is 13.7. The second kappa shape index (κ2) is 17.8. The van der Waals surface area contributed by atoms with E-state index in [9.17, 15) is 44.3 Å². The number of hydrogen-bond donors (Lipinski definition) is 0. The molecule has 0 spiro atoms. The van der Waals surface area contributed by atoms with Crippen LogP contribution in [0.2, 0.25) is 0 Å². The number of benzene rings is 2. The minimum Gasteiger partial charge on any atom is -0.383 e. The topological polar surface area (TPSA) is 45.3 Å². The lowest BCUT2D eigenvalue weighted by Gasteiger charge is -2.45. The van der Waals surface area contributed by atoms with Gasteiger partial charge in [-0.3, -0.25) is 14.6 Å². The molecule has 0 radical (unpaired) electrons. The lowest BCUT2D eigenvalue weighted by atomic mass is 9.96. The highest BCUT2D eigenvalue weighted by molar-refractivity contribution is 5.95. The summed E-state index contributed by atoms with van der Waals surface area (Å²) in [4.78, 5) is 19.3. The van der Waals surface area contributed by atoms with Crippen LogP contribution in [0.4, 0.5) is 39.5 Å². The first kappa shape index (κ1) is 42.9. The minimum absolute atomic E-state index is 0. The second-order valence-corrected chi connectivity index (χ2v) is 12.0. The minimum atomic E-state index is -5.13. The molecule has 17 heteroatoms. The Balaban J connectivity index is 0.00000417. The summed E-state index contributed by atoms with van der Waals surface area (Å²) >= 11 is 0. The summed E-state index contributed by atoms with van der Waals surface area (Å²) in [5, 5.41) is 0. The first-order valence-corrected chi connectivity index (χ1v) is 15.2. The van der Waals surface area contributed by atoms with Crippen LogP contribution in [0.5, 0.6) is 0 Å². The number of alkyl halides is 9. The largest absolute Gasteiger partial charge is 0.416 e. The van der Waals surface area contributed by atoms with E-state index in [0.717, 1.165) is 31.4 Å². The Kier molecular flexibility index (Phi) is 15.5. The van der Waals surface area contributed by atoms with Crippen molar-refractivity contribution in [3.63, 3.8) is 0 Å². The Bertz CT molecular complexity index is 1290. The van der Waals surface area contributed by atoms with E-state index in [0.29, 0.717) is 44.0 Å². The fourth-order valence-corrected chi connectivity index (χ4v) is 6.49. The van der Waals surface area contributed by atoms with Gasteiger partial charge in [0.05, 0.1) is 29.9 Å². The van der Waals surface area contributed by atoms with Crippen LogP contribution in [0, 0.1) is 0 Å². The van der Waals surface area contributed by atoms with Crippen LogP contribution >= 0.6 is 24.8 Å². The third-order valence-electron chi connectivity index (χ3n) is 8.82. The fourth-order valence-electron chi connectivity index (χ4n) is 6.49. The molecular weight excluding hydrogens is 716 g/mol. The highest BCUT2D eigenvalue weighted by Crippen LogP contribution is 2.37. The van der Waals surface area contributed by atoms with Crippen LogP contribution in [0.1, 0.15) is 51.9 Å². The number of likely N-dealkylation sites (tertiary alicyclic amines) is 1. The second-order valence-electron chi connectivity index (χ2n) is 12.0. The number of piperazine rings is 1. The molecule has 0 aromatic heterocycles. The van der Waals surface area contributed by atoms with Gasteiger partial charge in [0.1, 0.15) is 0 Å². The smallest absolute Gasteiger partial charge is 0.383 e. The van der Waals surface area contributed by atoms with Gasteiger partial charge in [-0.15, -0.1) is 24.8 Å². The maximum Gasteiger partial charge on any atom is 0.416 e. The van der Waals surface area contributed by atoms with Crippen molar-refractivity contribution in [3.8, 4) is 0 Å². The lowest BCUT2D eigenvalue weighted by Crippen LogP contribution is -2.58. The van der Waals surface area contributed by atoms with E-state index in [1.54, 1.807) is 14.2 Å². The predicted octanol–water partition coefficient (Wildman–Crippen LogP) is 7.47. The zero-order chi connectivity index (χ0) is 34.6. The summed E-state index contributed by atoms with van der Waals surface area (Å²) in [6.45, 7) is 2.68. The number of carbonyl (C=O) groups excluding carboxylic acids is 1. The molecule has 4 rings (SSSR count). The summed E-state index contributed by atoms with van der Waals surface area (Å²) in [7, 11) is 3.25. The summed E-state index contributed by atoms with van der Waals surface area (Å²) < 4.78 is 132. The van der Waals surface area contributed by atoms with Crippen LogP contribution in [0.25, 0.3) is 0 Å². The van der Waals surface area contributed by atoms with Crippen molar-refractivity contribution < 1.29 is 53.8 Å².